The van der Waals surface area contributed by atoms with Gasteiger partial charge in [0.05, 0.1) is 19.0 Å². The predicted molar refractivity (Wildman–Crippen MR) is 100 cm³/mol. The van der Waals surface area contributed by atoms with Gasteiger partial charge in [0.1, 0.15) is 0 Å². The highest BCUT2D eigenvalue weighted by atomic mass is 32.2. The molecule has 3 rings (SSSR count). The number of aromatic nitrogens is 3. The highest BCUT2D eigenvalue weighted by Gasteiger charge is 2.20. The summed E-state index contributed by atoms with van der Waals surface area (Å²) in [6.45, 7) is 6.57. The van der Waals surface area contributed by atoms with Crippen molar-refractivity contribution in [1.29, 1.82) is 0 Å². The normalized spacial score (nSPS) is 14.7. The summed E-state index contributed by atoms with van der Waals surface area (Å²) in [7, 11) is 1.84. The lowest BCUT2D eigenvalue weighted by Gasteiger charge is -2.27. The molecule has 0 radical (unpaired) electrons. The molecule has 9 heteroatoms. The number of hydrogen-bond acceptors (Lipinski definition) is 7. The number of nitrogens with zero attached hydrogens (tertiary/aromatic N) is 5. The van der Waals surface area contributed by atoms with E-state index in [9.17, 15) is 4.79 Å². The number of rotatable bonds is 7. The van der Waals surface area contributed by atoms with Gasteiger partial charge >= 0.3 is 0 Å². The lowest BCUT2D eigenvalue weighted by atomic mass is 10.3. The van der Waals surface area contributed by atoms with Crippen LogP contribution in [-0.4, -0.2) is 64.7 Å². The van der Waals surface area contributed by atoms with E-state index in [0.717, 1.165) is 36.3 Å². The highest BCUT2D eigenvalue weighted by Crippen LogP contribution is 2.23. The number of ether oxygens (including phenoxy) is 1. The molecule has 0 atom stereocenters. The van der Waals surface area contributed by atoms with Crippen LogP contribution in [0.3, 0.4) is 0 Å². The molecule has 1 aliphatic rings. The van der Waals surface area contributed by atoms with Crippen LogP contribution in [0.15, 0.2) is 22.0 Å². The fourth-order valence-electron chi connectivity index (χ4n) is 2.64. The van der Waals surface area contributed by atoms with Crippen molar-refractivity contribution in [3.8, 4) is 0 Å². The summed E-state index contributed by atoms with van der Waals surface area (Å²) >= 11 is 3.09. The van der Waals surface area contributed by atoms with Crippen LogP contribution in [0.4, 0.5) is 5.95 Å². The molecule has 136 valence electrons. The Kier molecular flexibility index (Phi) is 6.33. The standard InChI is InChI=1S/C16H23N5O2S2/c1-3-21-15(20-5-7-23-8-6-20)17-18-16(21)25-12-14(22)19(2)10-13-4-9-24-11-13/h4,9,11H,3,5-8,10,12H2,1-2H3. The van der Waals surface area contributed by atoms with E-state index in [2.05, 4.69) is 32.0 Å². The molecule has 7 nitrogen and oxygen atoms in total. The fraction of sp³-hybridized carbons (Fsp3) is 0.562. The number of amides is 1. The van der Waals surface area contributed by atoms with E-state index in [1.165, 1.54) is 11.8 Å². The van der Waals surface area contributed by atoms with Crippen LogP contribution in [0.1, 0.15) is 12.5 Å². The summed E-state index contributed by atoms with van der Waals surface area (Å²) in [5, 5.41) is 13.5. The zero-order valence-corrected chi connectivity index (χ0v) is 16.2. The quantitative estimate of drug-likeness (QED) is 0.683. The van der Waals surface area contributed by atoms with E-state index < -0.39 is 0 Å². The van der Waals surface area contributed by atoms with E-state index in [1.807, 2.05) is 18.5 Å². The maximum Gasteiger partial charge on any atom is 0.233 e. The maximum atomic E-state index is 12.4. The van der Waals surface area contributed by atoms with Crippen LogP contribution in [0.5, 0.6) is 0 Å². The number of hydrogen-bond donors (Lipinski definition) is 0. The summed E-state index contributed by atoms with van der Waals surface area (Å²) in [5.41, 5.74) is 1.16. The second-order valence-electron chi connectivity index (χ2n) is 5.80. The van der Waals surface area contributed by atoms with Crippen molar-refractivity contribution in [2.24, 2.45) is 0 Å². The van der Waals surface area contributed by atoms with E-state index in [1.54, 1.807) is 16.2 Å². The molecule has 1 amide bonds. The van der Waals surface area contributed by atoms with Crippen LogP contribution < -0.4 is 4.90 Å². The van der Waals surface area contributed by atoms with Crippen molar-refractivity contribution in [2.45, 2.75) is 25.2 Å². The molecule has 0 aliphatic carbocycles. The van der Waals surface area contributed by atoms with Crippen LogP contribution >= 0.6 is 23.1 Å². The molecular formula is C16H23N5O2S2. The molecule has 0 N–H and O–H groups in total. The second kappa shape index (κ2) is 8.68. The van der Waals surface area contributed by atoms with Crippen molar-refractivity contribution >= 4 is 35.0 Å². The van der Waals surface area contributed by atoms with E-state index >= 15 is 0 Å². The molecule has 2 aromatic heterocycles. The third kappa shape index (κ3) is 4.53. The minimum atomic E-state index is 0.0924. The monoisotopic (exact) mass is 381 g/mol. The molecule has 1 saturated heterocycles. The number of carbonyl (C=O) groups excluding carboxylic acids is 1. The first-order valence-electron chi connectivity index (χ1n) is 8.32. The lowest BCUT2D eigenvalue weighted by molar-refractivity contribution is -0.127. The third-order valence-corrected chi connectivity index (χ3v) is 5.74. The van der Waals surface area contributed by atoms with Crippen LogP contribution in [0.25, 0.3) is 0 Å². The average molecular weight is 382 g/mol. The zero-order chi connectivity index (χ0) is 17.6. The molecular weight excluding hydrogens is 358 g/mol. The van der Waals surface area contributed by atoms with Gasteiger partial charge in [0.2, 0.25) is 11.9 Å². The topological polar surface area (TPSA) is 63.5 Å². The van der Waals surface area contributed by atoms with Gasteiger partial charge in [-0.2, -0.15) is 11.3 Å². The van der Waals surface area contributed by atoms with Gasteiger partial charge in [-0.3, -0.25) is 9.36 Å². The van der Waals surface area contributed by atoms with Crippen LogP contribution in [0.2, 0.25) is 0 Å². The van der Waals surface area contributed by atoms with E-state index in [4.69, 9.17) is 4.74 Å². The van der Waals surface area contributed by atoms with Gasteiger partial charge in [-0.1, -0.05) is 11.8 Å². The predicted octanol–water partition coefficient (Wildman–Crippen LogP) is 1.95. The molecule has 1 fully saturated rings. The van der Waals surface area contributed by atoms with Crippen molar-refractivity contribution in [2.75, 3.05) is 44.0 Å². The fourth-order valence-corrected chi connectivity index (χ4v) is 4.24. The van der Waals surface area contributed by atoms with Gasteiger partial charge in [0.15, 0.2) is 5.16 Å². The maximum absolute atomic E-state index is 12.4. The Balaban J connectivity index is 1.58. The van der Waals surface area contributed by atoms with Gasteiger partial charge < -0.3 is 14.5 Å². The number of carbonyl (C=O) groups is 1. The van der Waals surface area contributed by atoms with Gasteiger partial charge in [-0.05, 0) is 29.3 Å². The minimum Gasteiger partial charge on any atom is -0.378 e. The van der Waals surface area contributed by atoms with E-state index in [0.29, 0.717) is 25.5 Å². The Morgan fingerprint density at radius 2 is 2.20 bits per heavy atom. The molecule has 25 heavy (non-hydrogen) atoms. The Labute approximate surface area is 156 Å². The first kappa shape index (κ1) is 18.2. The van der Waals surface area contributed by atoms with Gasteiger partial charge in [0, 0.05) is 33.2 Å². The van der Waals surface area contributed by atoms with Crippen LogP contribution in [-0.2, 0) is 22.6 Å². The number of anilines is 1. The van der Waals surface area contributed by atoms with Crippen molar-refractivity contribution in [3.63, 3.8) is 0 Å². The summed E-state index contributed by atoms with van der Waals surface area (Å²) in [5.74, 6) is 1.32. The molecule has 0 aromatic carbocycles. The van der Waals surface area contributed by atoms with Gasteiger partial charge in [-0.15, -0.1) is 10.2 Å². The summed E-state index contributed by atoms with van der Waals surface area (Å²) < 4.78 is 7.47. The largest absolute Gasteiger partial charge is 0.378 e. The van der Waals surface area contributed by atoms with Gasteiger partial charge in [-0.25, -0.2) is 0 Å². The SMILES string of the molecule is CCn1c(SCC(=O)N(C)Cc2ccsc2)nnc1N1CCOCC1. The third-order valence-electron chi connectivity index (χ3n) is 4.06. The Hall–Kier alpha value is -1.58. The first-order valence-corrected chi connectivity index (χ1v) is 10.3. The van der Waals surface area contributed by atoms with Crippen molar-refractivity contribution in [1.82, 2.24) is 19.7 Å². The molecule has 0 spiro atoms. The molecule has 1 aliphatic heterocycles. The highest BCUT2D eigenvalue weighted by molar-refractivity contribution is 7.99. The Morgan fingerprint density at radius 3 is 2.88 bits per heavy atom. The summed E-state index contributed by atoms with van der Waals surface area (Å²) in [6.07, 6.45) is 0. The molecule has 0 bridgehead atoms. The Morgan fingerprint density at radius 1 is 1.40 bits per heavy atom. The minimum absolute atomic E-state index is 0.0924. The molecule has 0 saturated carbocycles. The zero-order valence-electron chi connectivity index (χ0n) is 14.6. The van der Waals surface area contributed by atoms with E-state index in [-0.39, 0.29) is 5.91 Å². The summed E-state index contributed by atoms with van der Waals surface area (Å²) in [6, 6.07) is 2.05. The smallest absolute Gasteiger partial charge is 0.233 e. The average Bonchev–Trinajstić information content (AvgIpc) is 3.29. The molecule has 2 aromatic rings. The number of thiophene rings is 1. The molecule has 3 heterocycles. The van der Waals surface area contributed by atoms with Gasteiger partial charge in [0.25, 0.3) is 0 Å². The van der Waals surface area contributed by atoms with Crippen LogP contribution in [0, 0.1) is 0 Å². The van der Waals surface area contributed by atoms with Crippen molar-refractivity contribution in [3.05, 3.63) is 22.4 Å². The lowest BCUT2D eigenvalue weighted by Crippen LogP contribution is -2.38. The second-order valence-corrected chi connectivity index (χ2v) is 7.52. The molecule has 0 unspecified atom stereocenters. The van der Waals surface area contributed by atoms with Crippen molar-refractivity contribution < 1.29 is 9.53 Å². The number of morpholine rings is 1. The number of thioether (sulfide) groups is 1. The first-order chi connectivity index (χ1) is 12.2. The summed E-state index contributed by atoms with van der Waals surface area (Å²) in [4.78, 5) is 16.3. The Bertz CT molecular complexity index is 683.